The van der Waals surface area contributed by atoms with Crippen LogP contribution >= 0.6 is 0 Å². The van der Waals surface area contributed by atoms with Crippen molar-refractivity contribution in [2.24, 2.45) is 0 Å². The Labute approximate surface area is 114 Å². The van der Waals surface area contributed by atoms with Crippen LogP contribution in [0.2, 0.25) is 0 Å². The predicted octanol–water partition coefficient (Wildman–Crippen LogP) is 4.77. The third-order valence-electron chi connectivity index (χ3n) is 2.88. The highest BCUT2D eigenvalue weighted by atomic mass is 19.4. The van der Waals surface area contributed by atoms with Gasteiger partial charge in [-0.25, -0.2) is 4.39 Å². The lowest BCUT2D eigenvalue weighted by molar-refractivity contribution is -0.140. The first-order valence-corrected chi connectivity index (χ1v) is 6.02. The Balaban J connectivity index is 2.12. The predicted molar refractivity (Wildman–Crippen MR) is 69.9 cm³/mol. The zero-order valence-corrected chi connectivity index (χ0v) is 10.8. The summed E-state index contributed by atoms with van der Waals surface area (Å²) in [7, 11) is 0. The number of benzene rings is 2. The lowest BCUT2D eigenvalue weighted by Crippen LogP contribution is -2.10. The highest BCUT2D eigenvalue weighted by molar-refractivity contribution is 5.45. The second-order valence-electron chi connectivity index (χ2n) is 4.53. The average molecular weight is 283 g/mol. The topological polar surface area (TPSA) is 12.0 Å². The van der Waals surface area contributed by atoms with Gasteiger partial charge in [-0.05, 0) is 36.8 Å². The molecule has 0 atom stereocenters. The van der Waals surface area contributed by atoms with Gasteiger partial charge in [-0.1, -0.05) is 23.8 Å². The maximum absolute atomic E-state index is 13.1. The zero-order chi connectivity index (χ0) is 14.8. The van der Waals surface area contributed by atoms with Gasteiger partial charge in [0.15, 0.2) is 0 Å². The van der Waals surface area contributed by atoms with Crippen molar-refractivity contribution < 1.29 is 17.6 Å². The second kappa shape index (κ2) is 5.53. The molecule has 0 saturated heterocycles. The third kappa shape index (κ3) is 3.50. The van der Waals surface area contributed by atoms with Gasteiger partial charge >= 0.3 is 6.18 Å². The van der Waals surface area contributed by atoms with E-state index in [1.165, 1.54) is 6.07 Å². The summed E-state index contributed by atoms with van der Waals surface area (Å²) in [6, 6.07) is 10.5. The highest BCUT2D eigenvalue weighted by Crippen LogP contribution is 2.32. The molecule has 0 unspecified atom stereocenters. The van der Waals surface area contributed by atoms with Crippen molar-refractivity contribution in [1.29, 1.82) is 0 Å². The van der Waals surface area contributed by atoms with Crippen LogP contribution in [0.3, 0.4) is 0 Å². The molecule has 0 saturated carbocycles. The van der Waals surface area contributed by atoms with Crippen molar-refractivity contribution in [2.45, 2.75) is 19.6 Å². The molecule has 2 rings (SSSR count). The summed E-state index contributed by atoms with van der Waals surface area (Å²) in [6.45, 7) is 2.14. The van der Waals surface area contributed by atoms with Crippen LogP contribution in [0.1, 0.15) is 16.7 Å². The fourth-order valence-corrected chi connectivity index (χ4v) is 1.78. The molecule has 20 heavy (non-hydrogen) atoms. The maximum atomic E-state index is 13.1. The molecular weight excluding hydrogens is 270 g/mol. The van der Waals surface area contributed by atoms with Crippen LogP contribution in [0, 0.1) is 12.7 Å². The molecule has 2 aromatic carbocycles. The fraction of sp³-hybridized carbons (Fsp3) is 0.200. The van der Waals surface area contributed by atoms with Crippen molar-refractivity contribution >= 4 is 5.69 Å². The standard InChI is InChI=1S/C15H13F4N/c1-10-2-5-12(6-3-10)20-9-11-4-7-14(16)13(8-11)15(17,18)19/h2-8,20H,9H2,1H3. The third-order valence-corrected chi connectivity index (χ3v) is 2.88. The van der Waals surface area contributed by atoms with E-state index in [0.29, 0.717) is 5.56 Å². The smallest absolute Gasteiger partial charge is 0.381 e. The summed E-state index contributed by atoms with van der Waals surface area (Å²) < 4.78 is 50.9. The van der Waals surface area contributed by atoms with Crippen LogP contribution < -0.4 is 5.32 Å². The van der Waals surface area contributed by atoms with E-state index >= 15 is 0 Å². The Morgan fingerprint density at radius 2 is 1.65 bits per heavy atom. The summed E-state index contributed by atoms with van der Waals surface area (Å²) in [5.74, 6) is -1.25. The van der Waals surface area contributed by atoms with Gasteiger partial charge in [0, 0.05) is 12.2 Å². The molecule has 0 aromatic heterocycles. The van der Waals surface area contributed by atoms with E-state index in [1.807, 2.05) is 31.2 Å². The summed E-state index contributed by atoms with van der Waals surface area (Å²) in [5.41, 5.74) is 1.03. The van der Waals surface area contributed by atoms with Crippen molar-refractivity contribution in [3.8, 4) is 0 Å². The number of rotatable bonds is 3. The Bertz CT molecular complexity index is 588. The van der Waals surface area contributed by atoms with Gasteiger partial charge in [0.05, 0.1) is 5.56 Å². The lowest BCUT2D eigenvalue weighted by atomic mass is 10.1. The van der Waals surface area contributed by atoms with Gasteiger partial charge in [-0.15, -0.1) is 0 Å². The molecule has 0 fully saturated rings. The second-order valence-corrected chi connectivity index (χ2v) is 4.53. The summed E-state index contributed by atoms with van der Waals surface area (Å²) in [4.78, 5) is 0. The van der Waals surface area contributed by atoms with E-state index in [2.05, 4.69) is 5.32 Å². The number of aryl methyl sites for hydroxylation is 1. The normalized spacial score (nSPS) is 11.4. The minimum atomic E-state index is -4.68. The SMILES string of the molecule is Cc1ccc(NCc2ccc(F)c(C(F)(F)F)c2)cc1. The number of nitrogens with one attached hydrogen (secondary N) is 1. The highest BCUT2D eigenvalue weighted by Gasteiger charge is 2.34. The minimum absolute atomic E-state index is 0.201. The molecule has 0 bridgehead atoms. The molecule has 0 amide bonds. The van der Waals surface area contributed by atoms with Gasteiger partial charge in [0.2, 0.25) is 0 Å². The molecule has 1 N–H and O–H groups in total. The Kier molecular flexibility index (Phi) is 3.97. The molecule has 0 aliphatic carbocycles. The molecule has 0 aliphatic rings. The number of hydrogen-bond acceptors (Lipinski definition) is 1. The molecule has 0 aliphatic heterocycles. The van der Waals surface area contributed by atoms with Gasteiger partial charge in [0.1, 0.15) is 5.82 Å². The van der Waals surface area contributed by atoms with E-state index in [4.69, 9.17) is 0 Å². The molecular formula is C15H13F4N. The molecule has 0 radical (unpaired) electrons. The minimum Gasteiger partial charge on any atom is -0.381 e. The van der Waals surface area contributed by atoms with Gasteiger partial charge < -0.3 is 5.32 Å². The zero-order valence-electron chi connectivity index (χ0n) is 10.8. The van der Waals surface area contributed by atoms with Crippen LogP contribution in [-0.2, 0) is 12.7 Å². The first-order chi connectivity index (χ1) is 9.36. The molecule has 0 heterocycles. The summed E-state index contributed by atoms with van der Waals surface area (Å²) in [6.07, 6.45) is -4.68. The van der Waals surface area contributed by atoms with Gasteiger partial charge in [-0.2, -0.15) is 13.2 Å². The van der Waals surface area contributed by atoms with Gasteiger partial charge in [0.25, 0.3) is 0 Å². The van der Waals surface area contributed by atoms with Crippen LogP contribution in [0.15, 0.2) is 42.5 Å². The molecule has 2 aromatic rings. The van der Waals surface area contributed by atoms with Crippen molar-refractivity contribution in [3.63, 3.8) is 0 Å². The Hall–Kier alpha value is -2.04. The Morgan fingerprint density at radius 3 is 2.25 bits per heavy atom. The molecule has 5 heteroatoms. The van der Waals surface area contributed by atoms with E-state index in [9.17, 15) is 17.6 Å². The number of halogens is 4. The monoisotopic (exact) mass is 283 g/mol. The largest absolute Gasteiger partial charge is 0.419 e. The van der Waals surface area contributed by atoms with Crippen LogP contribution in [0.4, 0.5) is 23.2 Å². The molecule has 0 spiro atoms. The van der Waals surface area contributed by atoms with Crippen LogP contribution in [0.5, 0.6) is 0 Å². The first kappa shape index (κ1) is 14.4. The summed E-state index contributed by atoms with van der Waals surface area (Å²) >= 11 is 0. The molecule has 1 nitrogen and oxygen atoms in total. The van der Waals surface area contributed by atoms with Gasteiger partial charge in [-0.3, -0.25) is 0 Å². The number of alkyl halides is 3. The first-order valence-electron chi connectivity index (χ1n) is 6.02. The number of hydrogen-bond donors (Lipinski definition) is 1. The summed E-state index contributed by atoms with van der Waals surface area (Å²) in [5, 5.41) is 3.00. The maximum Gasteiger partial charge on any atom is 0.419 e. The van der Waals surface area contributed by atoms with E-state index in [0.717, 1.165) is 23.4 Å². The van der Waals surface area contributed by atoms with E-state index < -0.39 is 17.6 Å². The van der Waals surface area contributed by atoms with E-state index in [1.54, 1.807) is 0 Å². The molecule has 106 valence electrons. The van der Waals surface area contributed by atoms with Crippen molar-refractivity contribution in [1.82, 2.24) is 0 Å². The van der Waals surface area contributed by atoms with Crippen LogP contribution in [0.25, 0.3) is 0 Å². The quantitative estimate of drug-likeness (QED) is 0.800. The van der Waals surface area contributed by atoms with Crippen molar-refractivity contribution in [3.05, 3.63) is 65.0 Å². The number of anilines is 1. The Morgan fingerprint density at radius 1 is 1.00 bits per heavy atom. The lowest BCUT2D eigenvalue weighted by Gasteiger charge is -2.11. The van der Waals surface area contributed by atoms with Crippen LogP contribution in [-0.4, -0.2) is 0 Å². The fourth-order valence-electron chi connectivity index (χ4n) is 1.78. The average Bonchev–Trinajstić information content (AvgIpc) is 2.38. The van der Waals surface area contributed by atoms with E-state index in [-0.39, 0.29) is 6.54 Å². The van der Waals surface area contributed by atoms with Crippen molar-refractivity contribution in [2.75, 3.05) is 5.32 Å².